The van der Waals surface area contributed by atoms with Crippen LogP contribution in [-0.2, 0) is 0 Å². The first-order valence-corrected chi connectivity index (χ1v) is 7.09. The van der Waals surface area contributed by atoms with Gasteiger partial charge in [0, 0.05) is 18.2 Å². The Morgan fingerprint density at radius 3 is 2.78 bits per heavy atom. The summed E-state index contributed by atoms with van der Waals surface area (Å²) in [6.07, 6.45) is 3.92. The maximum absolute atomic E-state index is 5.53. The third kappa shape index (κ3) is 3.05. The number of ether oxygens (including phenoxy) is 1. The summed E-state index contributed by atoms with van der Waals surface area (Å²) >= 11 is 0. The summed E-state index contributed by atoms with van der Waals surface area (Å²) in [4.78, 5) is 2.63. The van der Waals surface area contributed by atoms with Gasteiger partial charge in [-0.05, 0) is 31.4 Å². The first kappa shape index (κ1) is 13.4. The van der Waals surface area contributed by atoms with Gasteiger partial charge in [0.15, 0.2) is 0 Å². The van der Waals surface area contributed by atoms with Gasteiger partial charge < -0.3 is 4.74 Å². The van der Waals surface area contributed by atoms with E-state index in [1.165, 1.54) is 37.9 Å². The van der Waals surface area contributed by atoms with E-state index in [4.69, 9.17) is 4.74 Å². The third-order valence-corrected chi connectivity index (χ3v) is 3.71. The molecule has 1 atom stereocenters. The SMILES string of the molecule is COc1ccccc1[C@@H]1CCCCN1CC(C)C. The summed E-state index contributed by atoms with van der Waals surface area (Å²) in [5, 5.41) is 0. The molecule has 0 amide bonds. The average Bonchev–Trinajstić information content (AvgIpc) is 2.39. The van der Waals surface area contributed by atoms with Crippen LogP contribution in [0.2, 0.25) is 0 Å². The van der Waals surface area contributed by atoms with E-state index in [1.54, 1.807) is 7.11 Å². The highest BCUT2D eigenvalue weighted by molar-refractivity contribution is 5.36. The highest BCUT2D eigenvalue weighted by Gasteiger charge is 2.26. The number of hydrogen-bond donors (Lipinski definition) is 0. The number of benzene rings is 1. The molecule has 2 rings (SSSR count). The van der Waals surface area contributed by atoms with E-state index in [0.29, 0.717) is 6.04 Å². The van der Waals surface area contributed by atoms with Crippen molar-refractivity contribution in [2.45, 2.75) is 39.2 Å². The number of para-hydroxylation sites is 1. The normalized spacial score (nSPS) is 21.2. The van der Waals surface area contributed by atoms with Crippen molar-refractivity contribution < 1.29 is 4.74 Å². The fraction of sp³-hybridized carbons (Fsp3) is 0.625. The summed E-state index contributed by atoms with van der Waals surface area (Å²) in [5.41, 5.74) is 1.36. The van der Waals surface area contributed by atoms with Crippen LogP contribution in [0, 0.1) is 5.92 Å². The van der Waals surface area contributed by atoms with Crippen LogP contribution in [0.3, 0.4) is 0 Å². The van der Waals surface area contributed by atoms with E-state index in [1.807, 2.05) is 0 Å². The number of likely N-dealkylation sites (tertiary alicyclic amines) is 1. The zero-order valence-electron chi connectivity index (χ0n) is 11.9. The second-order valence-corrected chi connectivity index (χ2v) is 5.64. The molecule has 2 heteroatoms. The highest BCUT2D eigenvalue weighted by Crippen LogP contribution is 2.36. The molecule has 0 spiro atoms. The number of nitrogens with zero attached hydrogens (tertiary/aromatic N) is 1. The van der Waals surface area contributed by atoms with Crippen LogP contribution in [0.15, 0.2) is 24.3 Å². The van der Waals surface area contributed by atoms with E-state index in [0.717, 1.165) is 11.7 Å². The lowest BCUT2D eigenvalue weighted by atomic mass is 9.93. The van der Waals surface area contributed by atoms with Crippen LogP contribution in [0.25, 0.3) is 0 Å². The number of rotatable bonds is 4. The average molecular weight is 247 g/mol. The molecule has 18 heavy (non-hydrogen) atoms. The quantitative estimate of drug-likeness (QED) is 0.800. The van der Waals surface area contributed by atoms with Gasteiger partial charge in [-0.3, -0.25) is 4.90 Å². The standard InChI is InChI=1S/C16H25NO/c1-13(2)12-17-11-7-6-9-15(17)14-8-4-5-10-16(14)18-3/h4-5,8,10,13,15H,6-7,9,11-12H2,1-3H3/t15-/m0/s1. The van der Waals surface area contributed by atoms with Crippen molar-refractivity contribution in [2.24, 2.45) is 5.92 Å². The van der Waals surface area contributed by atoms with Crippen LogP contribution < -0.4 is 4.74 Å². The lowest BCUT2D eigenvalue weighted by molar-refractivity contribution is 0.130. The topological polar surface area (TPSA) is 12.5 Å². The van der Waals surface area contributed by atoms with Crippen molar-refractivity contribution >= 4 is 0 Å². The van der Waals surface area contributed by atoms with Gasteiger partial charge in [-0.2, -0.15) is 0 Å². The molecule has 1 fully saturated rings. The minimum Gasteiger partial charge on any atom is -0.496 e. The molecule has 1 aromatic carbocycles. The maximum atomic E-state index is 5.53. The zero-order chi connectivity index (χ0) is 13.0. The Hall–Kier alpha value is -1.02. The van der Waals surface area contributed by atoms with Gasteiger partial charge in [-0.15, -0.1) is 0 Å². The van der Waals surface area contributed by atoms with Crippen LogP contribution in [0.1, 0.15) is 44.7 Å². The molecule has 0 aliphatic carbocycles. The number of methoxy groups -OCH3 is 1. The molecule has 1 saturated heterocycles. The maximum Gasteiger partial charge on any atom is 0.123 e. The van der Waals surface area contributed by atoms with Gasteiger partial charge >= 0.3 is 0 Å². The zero-order valence-corrected chi connectivity index (χ0v) is 11.9. The predicted molar refractivity (Wildman–Crippen MR) is 76.0 cm³/mol. The van der Waals surface area contributed by atoms with E-state index in [2.05, 4.69) is 43.0 Å². The smallest absolute Gasteiger partial charge is 0.123 e. The first-order valence-electron chi connectivity index (χ1n) is 7.09. The fourth-order valence-corrected chi connectivity index (χ4v) is 2.97. The lowest BCUT2D eigenvalue weighted by Crippen LogP contribution is -2.36. The molecule has 1 aliphatic heterocycles. The van der Waals surface area contributed by atoms with Gasteiger partial charge in [-0.25, -0.2) is 0 Å². The van der Waals surface area contributed by atoms with Crippen molar-refractivity contribution in [2.75, 3.05) is 20.2 Å². The summed E-state index contributed by atoms with van der Waals surface area (Å²) in [5.74, 6) is 1.76. The molecule has 0 unspecified atom stereocenters. The Kier molecular flexibility index (Phi) is 4.65. The highest BCUT2D eigenvalue weighted by atomic mass is 16.5. The summed E-state index contributed by atoms with van der Waals surface area (Å²) in [7, 11) is 1.77. The van der Waals surface area contributed by atoms with E-state index in [-0.39, 0.29) is 0 Å². The number of hydrogen-bond acceptors (Lipinski definition) is 2. The van der Waals surface area contributed by atoms with Crippen molar-refractivity contribution in [3.63, 3.8) is 0 Å². The van der Waals surface area contributed by atoms with Gasteiger partial charge in [-0.1, -0.05) is 38.5 Å². The largest absolute Gasteiger partial charge is 0.496 e. The van der Waals surface area contributed by atoms with Crippen molar-refractivity contribution in [1.82, 2.24) is 4.90 Å². The monoisotopic (exact) mass is 247 g/mol. The van der Waals surface area contributed by atoms with Gasteiger partial charge in [0.2, 0.25) is 0 Å². The Morgan fingerprint density at radius 2 is 2.06 bits per heavy atom. The second-order valence-electron chi connectivity index (χ2n) is 5.64. The minimum absolute atomic E-state index is 0.539. The van der Waals surface area contributed by atoms with Gasteiger partial charge in [0.25, 0.3) is 0 Å². The Bertz CT molecular complexity index is 375. The summed E-state index contributed by atoms with van der Waals surface area (Å²) in [6.45, 7) is 7.01. The molecular weight excluding hydrogens is 222 g/mol. The third-order valence-electron chi connectivity index (χ3n) is 3.71. The van der Waals surface area contributed by atoms with Crippen molar-refractivity contribution in [1.29, 1.82) is 0 Å². The van der Waals surface area contributed by atoms with Crippen LogP contribution in [0.4, 0.5) is 0 Å². The molecule has 0 saturated carbocycles. The van der Waals surface area contributed by atoms with Gasteiger partial charge in [0.1, 0.15) is 5.75 Å². The predicted octanol–water partition coefficient (Wildman–Crippen LogP) is 3.88. The van der Waals surface area contributed by atoms with Crippen LogP contribution >= 0.6 is 0 Å². The van der Waals surface area contributed by atoms with Crippen molar-refractivity contribution in [3.8, 4) is 5.75 Å². The van der Waals surface area contributed by atoms with E-state index in [9.17, 15) is 0 Å². The number of piperidine rings is 1. The van der Waals surface area contributed by atoms with Crippen molar-refractivity contribution in [3.05, 3.63) is 29.8 Å². The van der Waals surface area contributed by atoms with E-state index < -0.39 is 0 Å². The molecule has 100 valence electrons. The minimum atomic E-state index is 0.539. The molecule has 0 bridgehead atoms. The summed E-state index contributed by atoms with van der Waals surface area (Å²) < 4.78 is 5.53. The first-order chi connectivity index (χ1) is 8.72. The molecule has 0 N–H and O–H groups in total. The van der Waals surface area contributed by atoms with Gasteiger partial charge in [0.05, 0.1) is 7.11 Å². The Morgan fingerprint density at radius 1 is 1.28 bits per heavy atom. The molecule has 0 aromatic heterocycles. The van der Waals surface area contributed by atoms with Crippen LogP contribution in [-0.4, -0.2) is 25.1 Å². The molecule has 2 nitrogen and oxygen atoms in total. The Labute approximate surface area is 111 Å². The summed E-state index contributed by atoms with van der Waals surface area (Å²) in [6, 6.07) is 9.02. The molecule has 1 heterocycles. The molecule has 1 aromatic rings. The van der Waals surface area contributed by atoms with E-state index >= 15 is 0 Å². The fourth-order valence-electron chi connectivity index (χ4n) is 2.97. The molecule has 1 aliphatic rings. The van der Waals surface area contributed by atoms with Crippen LogP contribution in [0.5, 0.6) is 5.75 Å². The molecular formula is C16H25NO. The lowest BCUT2D eigenvalue weighted by Gasteiger charge is -2.37. The molecule has 0 radical (unpaired) electrons. The Balaban J connectivity index is 2.22. The second kappa shape index (κ2) is 6.24.